The van der Waals surface area contributed by atoms with Crippen LogP contribution < -0.4 is 4.74 Å². The van der Waals surface area contributed by atoms with Gasteiger partial charge in [-0.15, -0.1) is 0 Å². The van der Waals surface area contributed by atoms with Gasteiger partial charge in [-0.3, -0.25) is 0 Å². The Morgan fingerprint density at radius 3 is 2.28 bits per heavy atom. The maximum Gasteiger partial charge on any atom is 0.461 e. The molecule has 0 atom stereocenters. The standard InChI is InChI=1S/C26H27F7O3/c1-2-3-4-5-14-6-8-15(9-7-14)17-13-19(28)22(24(34)35)23(29)21(17)16-10-11-20(18(27)12-16)36-26(32,33)25(30)31/h10-15,25H,2-9H2,1H3,(H,34,35)/t14-,15-. The normalized spacial score (nSPS) is 18.5. The number of hydrogen-bond acceptors (Lipinski definition) is 2. The van der Waals surface area contributed by atoms with Crippen LogP contribution in [0.15, 0.2) is 24.3 Å². The molecule has 0 spiro atoms. The lowest BCUT2D eigenvalue weighted by atomic mass is 9.75. The van der Waals surface area contributed by atoms with E-state index >= 15 is 4.39 Å². The van der Waals surface area contributed by atoms with Crippen molar-refractivity contribution in [3.05, 3.63) is 52.8 Å². The number of carboxylic acid groups (broad SMARTS) is 1. The molecule has 10 heteroatoms. The van der Waals surface area contributed by atoms with Crippen molar-refractivity contribution in [2.75, 3.05) is 0 Å². The highest BCUT2D eigenvalue weighted by atomic mass is 19.3. The first kappa shape index (κ1) is 27.8. The molecule has 0 saturated heterocycles. The quantitative estimate of drug-likeness (QED) is 0.252. The third-order valence-corrected chi connectivity index (χ3v) is 6.69. The van der Waals surface area contributed by atoms with Crippen molar-refractivity contribution in [3.8, 4) is 16.9 Å². The van der Waals surface area contributed by atoms with Gasteiger partial charge in [-0.25, -0.2) is 18.0 Å². The maximum atomic E-state index is 15.4. The number of ether oxygens (including phenoxy) is 1. The second kappa shape index (κ2) is 11.5. The van der Waals surface area contributed by atoms with E-state index in [1.54, 1.807) is 0 Å². The fourth-order valence-corrected chi connectivity index (χ4v) is 4.82. The Hall–Kier alpha value is -2.78. The van der Waals surface area contributed by atoms with Crippen LogP contribution in [-0.2, 0) is 0 Å². The molecule has 1 N–H and O–H groups in total. The van der Waals surface area contributed by atoms with Crippen molar-refractivity contribution < 1.29 is 45.4 Å². The molecule has 3 rings (SSSR count). The van der Waals surface area contributed by atoms with Gasteiger partial charge in [-0.05, 0) is 66.8 Å². The highest BCUT2D eigenvalue weighted by molar-refractivity contribution is 5.91. The third kappa shape index (κ3) is 6.13. The number of hydrogen-bond donors (Lipinski definition) is 1. The summed E-state index contributed by atoms with van der Waals surface area (Å²) in [4.78, 5) is 11.5. The summed E-state index contributed by atoms with van der Waals surface area (Å²) in [6.07, 6.45) is -2.05. The van der Waals surface area contributed by atoms with E-state index in [1.165, 1.54) is 0 Å². The molecule has 3 nitrogen and oxygen atoms in total. The average Bonchev–Trinajstić information content (AvgIpc) is 2.80. The van der Waals surface area contributed by atoms with E-state index in [9.17, 15) is 36.2 Å². The molecule has 0 heterocycles. The van der Waals surface area contributed by atoms with Gasteiger partial charge >= 0.3 is 18.5 Å². The largest absolute Gasteiger partial charge is 0.477 e. The lowest BCUT2D eigenvalue weighted by Gasteiger charge is -2.30. The highest BCUT2D eigenvalue weighted by Crippen LogP contribution is 2.44. The molecule has 2 aromatic carbocycles. The number of halogens is 7. The Kier molecular flexibility index (Phi) is 8.89. The van der Waals surface area contributed by atoms with Crippen molar-refractivity contribution in [3.63, 3.8) is 0 Å². The van der Waals surface area contributed by atoms with Crippen LogP contribution in [0, 0.1) is 23.4 Å². The van der Waals surface area contributed by atoms with Crippen LogP contribution in [-0.4, -0.2) is 23.6 Å². The fraction of sp³-hybridized carbons (Fsp3) is 0.500. The first-order valence-electron chi connectivity index (χ1n) is 11.9. The van der Waals surface area contributed by atoms with Gasteiger partial charge in [-0.2, -0.15) is 17.6 Å². The van der Waals surface area contributed by atoms with Crippen molar-refractivity contribution in [2.24, 2.45) is 5.92 Å². The molecule has 0 unspecified atom stereocenters. The van der Waals surface area contributed by atoms with Crippen LogP contribution in [0.5, 0.6) is 5.75 Å². The summed E-state index contributed by atoms with van der Waals surface area (Å²) < 4.78 is 99.6. The SMILES string of the molecule is CCCCC[C@H]1CC[C@H](c2cc(F)c(C(=O)O)c(F)c2-c2ccc(OC(F)(F)C(F)F)c(F)c2)CC1. The van der Waals surface area contributed by atoms with Crippen molar-refractivity contribution >= 4 is 5.97 Å². The van der Waals surface area contributed by atoms with Crippen LogP contribution >= 0.6 is 0 Å². The van der Waals surface area contributed by atoms with E-state index in [1.807, 2.05) is 0 Å². The Labute approximate surface area is 204 Å². The molecule has 198 valence electrons. The zero-order valence-electron chi connectivity index (χ0n) is 19.6. The Morgan fingerprint density at radius 2 is 1.72 bits per heavy atom. The molecule has 2 aromatic rings. The monoisotopic (exact) mass is 520 g/mol. The molecule has 36 heavy (non-hydrogen) atoms. The molecule has 0 aromatic heterocycles. The van der Waals surface area contributed by atoms with Gasteiger partial charge < -0.3 is 9.84 Å². The number of benzene rings is 2. The van der Waals surface area contributed by atoms with Gasteiger partial charge in [0, 0.05) is 5.56 Å². The van der Waals surface area contributed by atoms with E-state index in [2.05, 4.69) is 11.7 Å². The van der Waals surface area contributed by atoms with Crippen LogP contribution in [0.3, 0.4) is 0 Å². The molecular weight excluding hydrogens is 493 g/mol. The number of alkyl halides is 4. The molecule has 1 fully saturated rings. The zero-order chi connectivity index (χ0) is 26.6. The number of carboxylic acids is 1. The first-order valence-corrected chi connectivity index (χ1v) is 11.9. The van der Waals surface area contributed by atoms with E-state index in [0.717, 1.165) is 50.7 Å². The molecule has 0 radical (unpaired) electrons. The van der Waals surface area contributed by atoms with Crippen LogP contribution in [0.4, 0.5) is 30.7 Å². The predicted molar refractivity (Wildman–Crippen MR) is 119 cm³/mol. The van der Waals surface area contributed by atoms with Gasteiger partial charge in [0.25, 0.3) is 0 Å². The highest BCUT2D eigenvalue weighted by Gasteiger charge is 2.44. The number of rotatable bonds is 10. The lowest BCUT2D eigenvalue weighted by molar-refractivity contribution is -0.254. The molecule has 1 aliphatic rings. The summed E-state index contributed by atoms with van der Waals surface area (Å²) in [5.74, 6) is -7.12. The number of unbranched alkanes of at least 4 members (excludes halogenated alkanes) is 2. The van der Waals surface area contributed by atoms with Gasteiger partial charge in [-0.1, -0.05) is 38.7 Å². The van der Waals surface area contributed by atoms with E-state index in [4.69, 9.17) is 0 Å². The van der Waals surface area contributed by atoms with Crippen molar-refractivity contribution in [1.82, 2.24) is 0 Å². The Balaban J connectivity index is 1.99. The summed E-state index contributed by atoms with van der Waals surface area (Å²) >= 11 is 0. The molecule has 1 saturated carbocycles. The summed E-state index contributed by atoms with van der Waals surface area (Å²) in [7, 11) is 0. The van der Waals surface area contributed by atoms with Gasteiger partial charge in [0.05, 0.1) is 0 Å². The second-order valence-electron chi connectivity index (χ2n) is 9.14. The minimum atomic E-state index is -4.96. The summed E-state index contributed by atoms with van der Waals surface area (Å²) in [5, 5.41) is 9.31. The second-order valence-corrected chi connectivity index (χ2v) is 9.14. The predicted octanol–water partition coefficient (Wildman–Crippen LogP) is 8.56. The van der Waals surface area contributed by atoms with Crippen LogP contribution in [0.1, 0.15) is 80.1 Å². The van der Waals surface area contributed by atoms with Crippen LogP contribution in [0.2, 0.25) is 0 Å². The fourth-order valence-electron chi connectivity index (χ4n) is 4.82. The molecule has 0 aliphatic heterocycles. The van der Waals surface area contributed by atoms with E-state index in [-0.39, 0.29) is 22.6 Å². The summed E-state index contributed by atoms with van der Waals surface area (Å²) in [6.45, 7) is 2.11. The van der Waals surface area contributed by atoms with Gasteiger partial charge in [0.1, 0.15) is 17.2 Å². The third-order valence-electron chi connectivity index (χ3n) is 6.69. The van der Waals surface area contributed by atoms with E-state index < -0.39 is 47.3 Å². The average molecular weight is 520 g/mol. The van der Waals surface area contributed by atoms with Crippen LogP contribution in [0.25, 0.3) is 11.1 Å². The van der Waals surface area contributed by atoms with Gasteiger partial charge in [0.15, 0.2) is 11.6 Å². The zero-order valence-corrected chi connectivity index (χ0v) is 19.6. The summed E-state index contributed by atoms with van der Waals surface area (Å²) in [5.41, 5.74) is -1.70. The molecule has 0 bridgehead atoms. The minimum absolute atomic E-state index is 0.146. The molecule has 0 amide bonds. The molecule has 1 aliphatic carbocycles. The minimum Gasteiger partial charge on any atom is -0.477 e. The molecular formula is C26H27F7O3. The van der Waals surface area contributed by atoms with Gasteiger partial charge in [0.2, 0.25) is 0 Å². The van der Waals surface area contributed by atoms with Crippen molar-refractivity contribution in [1.29, 1.82) is 0 Å². The lowest BCUT2D eigenvalue weighted by Crippen LogP contribution is -2.33. The first-order chi connectivity index (χ1) is 17.0. The number of aromatic carboxylic acids is 1. The van der Waals surface area contributed by atoms with E-state index in [0.29, 0.717) is 30.9 Å². The maximum absolute atomic E-state index is 15.4. The smallest absolute Gasteiger partial charge is 0.461 e. The Morgan fingerprint density at radius 1 is 1.06 bits per heavy atom. The summed E-state index contributed by atoms with van der Waals surface area (Å²) in [6, 6.07) is 3.08. The van der Waals surface area contributed by atoms with Crippen molar-refractivity contribution in [2.45, 2.75) is 76.7 Å². The number of carbonyl (C=O) groups is 1. The topological polar surface area (TPSA) is 46.5 Å². The Bertz CT molecular complexity index is 1080.